The molecule has 2 aromatic heterocycles. The van der Waals surface area contributed by atoms with Crippen molar-refractivity contribution in [2.45, 2.75) is 38.1 Å². The summed E-state index contributed by atoms with van der Waals surface area (Å²) in [6.07, 6.45) is 0.266. The number of carbonyl (C=O) groups excluding carboxylic acids is 1. The Morgan fingerprint density at radius 2 is 1.77 bits per heavy atom. The number of benzene rings is 2. The van der Waals surface area contributed by atoms with Crippen LogP contribution in [0.25, 0.3) is 5.69 Å². The number of thioether (sulfide) groups is 1. The number of aryl methyl sites for hydroxylation is 3. The summed E-state index contributed by atoms with van der Waals surface area (Å²) in [5.74, 6) is 1.46. The van der Waals surface area contributed by atoms with E-state index in [4.69, 9.17) is 0 Å². The predicted molar refractivity (Wildman–Crippen MR) is 126 cm³/mol. The molecule has 31 heavy (non-hydrogen) atoms. The maximum absolute atomic E-state index is 12.4. The zero-order chi connectivity index (χ0) is 21.8. The van der Waals surface area contributed by atoms with E-state index in [0.29, 0.717) is 5.75 Å². The highest BCUT2D eigenvalue weighted by molar-refractivity contribution is 7.98. The molecule has 0 aliphatic heterocycles. The zero-order valence-electron chi connectivity index (χ0n) is 17.6. The van der Waals surface area contributed by atoms with Crippen LogP contribution in [0.1, 0.15) is 27.7 Å². The summed E-state index contributed by atoms with van der Waals surface area (Å²) in [7, 11) is 0. The topological polar surface area (TPSA) is 72.7 Å². The van der Waals surface area contributed by atoms with E-state index < -0.39 is 0 Å². The molecule has 4 aromatic rings. The first-order valence-electron chi connectivity index (χ1n) is 9.91. The van der Waals surface area contributed by atoms with Crippen LogP contribution in [0.5, 0.6) is 0 Å². The van der Waals surface area contributed by atoms with Gasteiger partial charge in [-0.3, -0.25) is 9.36 Å². The van der Waals surface area contributed by atoms with Gasteiger partial charge in [-0.1, -0.05) is 48.2 Å². The smallest absolute Gasteiger partial charge is 0.231 e. The summed E-state index contributed by atoms with van der Waals surface area (Å²) in [5.41, 5.74) is 5.07. The lowest BCUT2D eigenvalue weighted by Gasteiger charge is -2.10. The molecule has 0 saturated carbocycles. The van der Waals surface area contributed by atoms with Gasteiger partial charge in [0.15, 0.2) is 5.16 Å². The average Bonchev–Trinajstić information content (AvgIpc) is 3.34. The lowest BCUT2D eigenvalue weighted by molar-refractivity contribution is -0.115. The lowest BCUT2D eigenvalue weighted by Crippen LogP contribution is -2.15. The van der Waals surface area contributed by atoms with Crippen molar-refractivity contribution in [2.75, 3.05) is 5.32 Å². The van der Waals surface area contributed by atoms with Crippen LogP contribution in [0.4, 0.5) is 5.69 Å². The first-order chi connectivity index (χ1) is 15.0. The number of para-hydroxylation sites is 2. The first-order valence-corrected chi connectivity index (χ1v) is 11.8. The van der Waals surface area contributed by atoms with E-state index in [0.717, 1.165) is 38.6 Å². The van der Waals surface area contributed by atoms with Crippen molar-refractivity contribution in [2.24, 2.45) is 0 Å². The van der Waals surface area contributed by atoms with Gasteiger partial charge in [0.1, 0.15) is 10.8 Å². The van der Waals surface area contributed by atoms with Crippen molar-refractivity contribution in [3.63, 3.8) is 0 Å². The highest BCUT2D eigenvalue weighted by atomic mass is 32.2. The Kier molecular flexibility index (Phi) is 6.48. The Balaban J connectivity index is 1.40. The van der Waals surface area contributed by atoms with Gasteiger partial charge in [-0.25, -0.2) is 4.98 Å². The van der Waals surface area contributed by atoms with E-state index in [1.807, 2.05) is 55.6 Å². The molecule has 0 aliphatic rings. The SMILES string of the molecule is Cc1ccccc1NC(=O)Cc1nc(CSc2nnc(C)n2-c2ccccc2C)cs1. The molecule has 8 heteroatoms. The van der Waals surface area contributed by atoms with Crippen molar-refractivity contribution in [1.82, 2.24) is 19.7 Å². The highest BCUT2D eigenvalue weighted by Crippen LogP contribution is 2.27. The molecule has 0 radical (unpaired) electrons. The van der Waals surface area contributed by atoms with Gasteiger partial charge in [0.2, 0.25) is 5.91 Å². The van der Waals surface area contributed by atoms with Crippen LogP contribution in [0.15, 0.2) is 59.1 Å². The summed E-state index contributed by atoms with van der Waals surface area (Å²) < 4.78 is 2.07. The minimum Gasteiger partial charge on any atom is -0.325 e. The molecular formula is C23H23N5OS2. The molecule has 0 atom stereocenters. The molecule has 0 unspecified atom stereocenters. The molecule has 0 saturated heterocycles. The van der Waals surface area contributed by atoms with Gasteiger partial charge in [0.05, 0.1) is 17.8 Å². The van der Waals surface area contributed by atoms with Gasteiger partial charge in [-0.2, -0.15) is 0 Å². The Labute approximate surface area is 189 Å². The zero-order valence-corrected chi connectivity index (χ0v) is 19.3. The Morgan fingerprint density at radius 1 is 1.03 bits per heavy atom. The largest absolute Gasteiger partial charge is 0.325 e. The fourth-order valence-corrected chi connectivity index (χ4v) is 4.99. The van der Waals surface area contributed by atoms with Gasteiger partial charge >= 0.3 is 0 Å². The summed E-state index contributed by atoms with van der Waals surface area (Å²) in [4.78, 5) is 17.0. The molecule has 2 heterocycles. The quantitative estimate of drug-likeness (QED) is 0.396. The summed E-state index contributed by atoms with van der Waals surface area (Å²) >= 11 is 3.10. The molecule has 6 nitrogen and oxygen atoms in total. The average molecular weight is 450 g/mol. The van der Waals surface area contributed by atoms with E-state index in [2.05, 4.69) is 44.1 Å². The maximum Gasteiger partial charge on any atom is 0.231 e. The number of amides is 1. The van der Waals surface area contributed by atoms with Crippen molar-refractivity contribution >= 4 is 34.7 Å². The molecule has 2 aromatic carbocycles. The van der Waals surface area contributed by atoms with E-state index >= 15 is 0 Å². The molecular weight excluding hydrogens is 426 g/mol. The highest BCUT2D eigenvalue weighted by Gasteiger charge is 2.15. The van der Waals surface area contributed by atoms with Gasteiger partial charge in [0, 0.05) is 16.8 Å². The van der Waals surface area contributed by atoms with Crippen LogP contribution >= 0.6 is 23.1 Å². The van der Waals surface area contributed by atoms with Crippen LogP contribution < -0.4 is 5.32 Å². The number of hydrogen-bond donors (Lipinski definition) is 1. The number of carbonyl (C=O) groups is 1. The fraction of sp³-hybridized carbons (Fsp3) is 0.217. The summed E-state index contributed by atoms with van der Waals surface area (Å²) in [6, 6.07) is 16.0. The second kappa shape index (κ2) is 9.45. The normalized spacial score (nSPS) is 10.9. The van der Waals surface area contributed by atoms with Gasteiger partial charge in [-0.15, -0.1) is 21.5 Å². The third kappa shape index (κ3) is 5.03. The first kappa shape index (κ1) is 21.3. The number of rotatable bonds is 7. The molecule has 0 fully saturated rings. The number of nitrogens with zero attached hydrogens (tertiary/aromatic N) is 4. The maximum atomic E-state index is 12.4. The molecule has 1 N–H and O–H groups in total. The minimum atomic E-state index is -0.0576. The Hall–Kier alpha value is -2.97. The number of thiazole rings is 1. The predicted octanol–water partition coefficient (Wildman–Crippen LogP) is 5.12. The number of anilines is 1. The van der Waals surface area contributed by atoms with Crippen LogP contribution in [-0.2, 0) is 17.0 Å². The van der Waals surface area contributed by atoms with E-state index in [-0.39, 0.29) is 12.3 Å². The second-order valence-corrected chi connectivity index (χ2v) is 9.10. The second-order valence-electron chi connectivity index (χ2n) is 7.21. The molecule has 1 amide bonds. The number of aromatic nitrogens is 4. The van der Waals surface area contributed by atoms with Crippen LogP contribution in [0.2, 0.25) is 0 Å². The monoisotopic (exact) mass is 449 g/mol. The molecule has 0 bridgehead atoms. The van der Waals surface area contributed by atoms with E-state index in [1.165, 1.54) is 16.9 Å². The van der Waals surface area contributed by atoms with Gasteiger partial charge < -0.3 is 5.32 Å². The van der Waals surface area contributed by atoms with Gasteiger partial charge in [-0.05, 0) is 44.0 Å². The van der Waals surface area contributed by atoms with Crippen LogP contribution in [-0.4, -0.2) is 25.7 Å². The lowest BCUT2D eigenvalue weighted by atomic mass is 10.2. The Bertz CT molecular complexity index is 1210. The third-order valence-corrected chi connectivity index (χ3v) is 6.69. The number of nitrogens with one attached hydrogen (secondary N) is 1. The Morgan fingerprint density at radius 3 is 2.55 bits per heavy atom. The van der Waals surface area contributed by atoms with Crippen molar-refractivity contribution in [3.05, 3.63) is 81.6 Å². The summed E-state index contributed by atoms with van der Waals surface area (Å²) in [5, 5.41) is 15.2. The molecule has 0 aliphatic carbocycles. The van der Waals surface area contributed by atoms with Crippen molar-refractivity contribution in [1.29, 1.82) is 0 Å². The van der Waals surface area contributed by atoms with Crippen LogP contribution in [0, 0.1) is 20.8 Å². The number of hydrogen-bond acceptors (Lipinski definition) is 6. The fourth-order valence-electron chi connectivity index (χ4n) is 3.21. The van der Waals surface area contributed by atoms with Crippen molar-refractivity contribution in [3.8, 4) is 5.69 Å². The van der Waals surface area contributed by atoms with E-state index in [9.17, 15) is 4.79 Å². The molecule has 4 rings (SSSR count). The third-order valence-electron chi connectivity index (χ3n) is 4.83. The standard InChI is InChI=1S/C23H23N5OS2/c1-15-8-4-6-10-19(15)25-21(29)12-22-24-18(13-30-22)14-31-23-27-26-17(3)28(23)20-11-7-5-9-16(20)2/h4-11,13H,12,14H2,1-3H3,(H,25,29). The molecule has 158 valence electrons. The van der Waals surface area contributed by atoms with Gasteiger partial charge in [0.25, 0.3) is 0 Å². The minimum absolute atomic E-state index is 0.0576. The molecule has 0 spiro atoms. The summed E-state index contributed by atoms with van der Waals surface area (Å²) in [6.45, 7) is 6.02. The van der Waals surface area contributed by atoms with Crippen LogP contribution in [0.3, 0.4) is 0 Å². The van der Waals surface area contributed by atoms with E-state index in [1.54, 1.807) is 11.8 Å². The van der Waals surface area contributed by atoms with Crippen molar-refractivity contribution < 1.29 is 4.79 Å².